The second-order valence-electron chi connectivity index (χ2n) is 9.45. The van der Waals surface area contributed by atoms with Crippen molar-refractivity contribution in [1.82, 2.24) is 19.2 Å². The molecule has 0 fully saturated rings. The zero-order valence-corrected chi connectivity index (χ0v) is 22.1. The summed E-state index contributed by atoms with van der Waals surface area (Å²) < 4.78 is 47.8. The van der Waals surface area contributed by atoms with Gasteiger partial charge in [-0.15, -0.1) is 11.3 Å². The Morgan fingerprint density at radius 1 is 1.21 bits per heavy atom. The number of alkyl halides is 3. The Kier molecular flexibility index (Phi) is 7.32. The van der Waals surface area contributed by atoms with Crippen LogP contribution < -0.4 is 10.1 Å². The van der Waals surface area contributed by atoms with E-state index < -0.39 is 17.6 Å². The number of imidazole rings is 1. The fourth-order valence-electron chi connectivity index (χ4n) is 4.41. The molecule has 1 aromatic carbocycles. The molecule has 204 valence electrons. The van der Waals surface area contributed by atoms with Crippen LogP contribution in [0.5, 0.6) is 5.75 Å². The van der Waals surface area contributed by atoms with Gasteiger partial charge >= 0.3 is 6.18 Å². The molecule has 8 nitrogen and oxygen atoms in total. The first-order chi connectivity index (χ1) is 18.6. The van der Waals surface area contributed by atoms with Crippen molar-refractivity contribution >= 4 is 34.5 Å². The molecule has 0 bridgehead atoms. The van der Waals surface area contributed by atoms with Crippen LogP contribution >= 0.6 is 11.3 Å². The number of carbonyl (C=O) groups excluding carboxylic acids is 2. The molecule has 1 aliphatic heterocycles. The van der Waals surface area contributed by atoms with Gasteiger partial charge in [0.05, 0.1) is 23.9 Å². The first-order valence-corrected chi connectivity index (χ1v) is 13.1. The molecule has 4 heterocycles. The first kappa shape index (κ1) is 26.7. The fourth-order valence-corrected chi connectivity index (χ4v) is 5.50. The molecule has 0 spiro atoms. The van der Waals surface area contributed by atoms with Crippen LogP contribution in [-0.4, -0.2) is 64.8 Å². The molecular formula is C27H26F3N5O3S. The summed E-state index contributed by atoms with van der Waals surface area (Å²) in [7, 11) is 3.66. The van der Waals surface area contributed by atoms with E-state index in [1.807, 2.05) is 37.2 Å². The Bertz CT molecular complexity index is 1530. The molecule has 4 aromatic rings. The van der Waals surface area contributed by atoms with E-state index in [9.17, 15) is 22.8 Å². The van der Waals surface area contributed by atoms with Crippen molar-refractivity contribution in [2.45, 2.75) is 19.1 Å². The molecule has 0 saturated carbocycles. The number of rotatable bonds is 7. The quantitative estimate of drug-likeness (QED) is 0.353. The highest BCUT2D eigenvalue weighted by Gasteiger charge is 2.32. The Morgan fingerprint density at radius 2 is 2.03 bits per heavy atom. The molecule has 0 unspecified atom stereocenters. The molecule has 1 N–H and O–H groups in total. The molecule has 0 aliphatic carbocycles. The third-order valence-electron chi connectivity index (χ3n) is 6.41. The molecule has 3 aromatic heterocycles. The minimum absolute atomic E-state index is 0.00477. The van der Waals surface area contributed by atoms with Gasteiger partial charge in [0.1, 0.15) is 23.7 Å². The predicted octanol–water partition coefficient (Wildman–Crippen LogP) is 4.81. The number of benzene rings is 1. The number of halogens is 3. The number of aromatic nitrogens is 2. The van der Waals surface area contributed by atoms with E-state index in [2.05, 4.69) is 10.3 Å². The summed E-state index contributed by atoms with van der Waals surface area (Å²) in [5.41, 5.74) is 1.41. The number of hydrogen-bond acceptors (Lipinski definition) is 6. The fraction of sp³-hybridized carbons (Fsp3) is 0.296. The molecule has 39 heavy (non-hydrogen) atoms. The topological polar surface area (TPSA) is 79.2 Å². The average Bonchev–Trinajstić information content (AvgIpc) is 3.51. The monoisotopic (exact) mass is 557 g/mol. The number of nitrogens with one attached hydrogen (secondary N) is 1. The van der Waals surface area contributed by atoms with Gasteiger partial charge in [-0.2, -0.15) is 13.2 Å². The number of ether oxygens (including phenoxy) is 1. The highest BCUT2D eigenvalue weighted by molar-refractivity contribution is 7.10. The van der Waals surface area contributed by atoms with Gasteiger partial charge in [0, 0.05) is 41.3 Å². The summed E-state index contributed by atoms with van der Waals surface area (Å²) in [6, 6.07) is 8.70. The van der Waals surface area contributed by atoms with Crippen LogP contribution in [0.4, 0.5) is 18.9 Å². The van der Waals surface area contributed by atoms with Gasteiger partial charge in [-0.25, -0.2) is 4.98 Å². The van der Waals surface area contributed by atoms with Gasteiger partial charge < -0.3 is 19.9 Å². The lowest BCUT2D eigenvalue weighted by molar-refractivity contribution is -0.137. The maximum absolute atomic E-state index is 13.5. The number of fused-ring (bicyclic) bond motifs is 2. The van der Waals surface area contributed by atoms with E-state index in [0.29, 0.717) is 43.0 Å². The van der Waals surface area contributed by atoms with Crippen LogP contribution in [-0.2, 0) is 19.1 Å². The minimum atomic E-state index is -4.60. The summed E-state index contributed by atoms with van der Waals surface area (Å²) in [6.07, 6.45) is -0.816. The summed E-state index contributed by atoms with van der Waals surface area (Å²) in [5.74, 6) is -0.645. The number of carbonyl (C=O) groups is 2. The lowest BCUT2D eigenvalue weighted by Crippen LogP contribution is -2.36. The lowest BCUT2D eigenvalue weighted by atomic mass is 10.0. The van der Waals surface area contributed by atoms with Gasteiger partial charge in [0.15, 0.2) is 0 Å². The van der Waals surface area contributed by atoms with E-state index in [-0.39, 0.29) is 24.0 Å². The molecule has 12 heteroatoms. The first-order valence-electron chi connectivity index (χ1n) is 12.2. The van der Waals surface area contributed by atoms with E-state index in [4.69, 9.17) is 4.74 Å². The predicted molar refractivity (Wildman–Crippen MR) is 141 cm³/mol. The highest BCUT2D eigenvalue weighted by Crippen LogP contribution is 2.35. The smallest absolute Gasteiger partial charge is 0.416 e. The third-order valence-corrected chi connectivity index (χ3v) is 7.43. The van der Waals surface area contributed by atoms with Crippen LogP contribution in [0.1, 0.15) is 36.9 Å². The zero-order valence-electron chi connectivity index (χ0n) is 21.3. The number of hydrogen-bond donors (Lipinski definition) is 1. The molecule has 1 aliphatic rings. The second kappa shape index (κ2) is 10.7. The van der Waals surface area contributed by atoms with Gasteiger partial charge in [0.25, 0.3) is 11.8 Å². The van der Waals surface area contributed by atoms with Crippen molar-refractivity contribution in [1.29, 1.82) is 0 Å². The number of nitrogens with zero attached hydrogens (tertiary/aromatic N) is 4. The molecular weight excluding hydrogens is 531 g/mol. The maximum Gasteiger partial charge on any atom is 0.416 e. The largest absolute Gasteiger partial charge is 0.492 e. The van der Waals surface area contributed by atoms with Crippen molar-refractivity contribution < 1.29 is 27.5 Å². The summed E-state index contributed by atoms with van der Waals surface area (Å²) in [4.78, 5) is 35.1. The Balaban J connectivity index is 1.32. The molecule has 2 amide bonds. The van der Waals surface area contributed by atoms with Crippen molar-refractivity contribution in [3.63, 3.8) is 0 Å². The van der Waals surface area contributed by atoms with Crippen molar-refractivity contribution in [2.75, 3.05) is 39.1 Å². The molecule has 0 saturated heterocycles. The Hall–Kier alpha value is -3.90. The van der Waals surface area contributed by atoms with Crippen LogP contribution in [0.15, 0.2) is 54.2 Å². The van der Waals surface area contributed by atoms with E-state index >= 15 is 0 Å². The van der Waals surface area contributed by atoms with Gasteiger partial charge in [-0.3, -0.25) is 14.0 Å². The Labute approximate surface area is 226 Å². The number of amides is 2. The van der Waals surface area contributed by atoms with E-state index in [1.54, 1.807) is 27.1 Å². The van der Waals surface area contributed by atoms with Gasteiger partial charge in [-0.1, -0.05) is 6.07 Å². The normalized spacial score (nSPS) is 13.5. The second-order valence-corrected chi connectivity index (χ2v) is 10.4. The number of pyridine rings is 1. The van der Waals surface area contributed by atoms with Gasteiger partial charge in [-0.05, 0) is 50.3 Å². The number of anilines is 1. The van der Waals surface area contributed by atoms with Crippen molar-refractivity contribution in [3.8, 4) is 5.75 Å². The summed E-state index contributed by atoms with van der Waals surface area (Å²) in [6.45, 7) is 1.45. The summed E-state index contributed by atoms with van der Waals surface area (Å²) >= 11 is 1.35. The lowest BCUT2D eigenvalue weighted by Gasteiger charge is -2.27. The SMILES string of the molecule is CN(C)CCOc1cc(NC(=O)c2csc3c2CCN(C(=O)c2cnc4ccccn24)C3)cc(C(F)(F)F)c1. The minimum Gasteiger partial charge on any atom is -0.492 e. The standard InChI is InChI=1S/C27H26F3N5O3S/c1-33(2)9-10-38-19-12-17(27(28,29)30)11-18(13-19)32-25(36)21-16-39-23-15-34(8-6-20(21)23)26(37)22-14-31-24-5-3-4-7-35(22)24/h3-5,7,11-14,16H,6,8-10,15H2,1-2H3,(H,32,36). The van der Waals surface area contributed by atoms with Gasteiger partial charge in [0.2, 0.25) is 0 Å². The molecule has 0 atom stereocenters. The number of likely N-dealkylation sites (N-methyl/N-ethyl adjacent to an activating group) is 1. The Morgan fingerprint density at radius 3 is 2.79 bits per heavy atom. The van der Waals surface area contributed by atoms with E-state index in [1.165, 1.54) is 17.4 Å². The van der Waals surface area contributed by atoms with Crippen molar-refractivity contribution in [2.24, 2.45) is 0 Å². The molecule has 0 radical (unpaired) electrons. The summed E-state index contributed by atoms with van der Waals surface area (Å²) in [5, 5.41) is 4.29. The maximum atomic E-state index is 13.5. The molecule has 5 rings (SSSR count). The van der Waals surface area contributed by atoms with Crippen LogP contribution in [0.2, 0.25) is 0 Å². The average molecular weight is 558 g/mol. The van der Waals surface area contributed by atoms with Crippen LogP contribution in [0.3, 0.4) is 0 Å². The third kappa shape index (κ3) is 5.76. The highest BCUT2D eigenvalue weighted by atomic mass is 32.1. The number of thiophene rings is 1. The zero-order chi connectivity index (χ0) is 27.7. The van der Waals surface area contributed by atoms with Crippen LogP contribution in [0, 0.1) is 0 Å². The van der Waals surface area contributed by atoms with Crippen LogP contribution in [0.25, 0.3) is 5.65 Å². The van der Waals surface area contributed by atoms with E-state index in [0.717, 1.165) is 22.6 Å². The van der Waals surface area contributed by atoms with Crippen molar-refractivity contribution in [3.05, 3.63) is 81.4 Å².